The maximum atomic E-state index is 4.85. The number of nitrogens with zero attached hydrogens (tertiary/aromatic N) is 1. The third-order valence-electron chi connectivity index (χ3n) is 3.71. The molecule has 0 aromatic carbocycles. The van der Waals surface area contributed by atoms with Gasteiger partial charge in [-0.15, -0.1) is 0 Å². The number of rotatable bonds is 1. The maximum absolute atomic E-state index is 4.85. The summed E-state index contributed by atoms with van der Waals surface area (Å²) in [6, 6.07) is 4.53. The van der Waals surface area contributed by atoms with E-state index in [1.807, 2.05) is 0 Å². The minimum absolute atomic E-state index is 0.177. The first-order chi connectivity index (χ1) is 7.50. The van der Waals surface area contributed by atoms with Crippen LogP contribution in [0.5, 0.6) is 0 Å². The second-order valence-electron chi connectivity index (χ2n) is 6.07. The molecule has 0 bridgehead atoms. The van der Waals surface area contributed by atoms with Crippen molar-refractivity contribution in [2.24, 2.45) is 5.92 Å². The van der Waals surface area contributed by atoms with E-state index in [0.717, 1.165) is 5.92 Å². The molecule has 1 heterocycles. The minimum atomic E-state index is 0.177. The van der Waals surface area contributed by atoms with Crippen LogP contribution in [0.3, 0.4) is 0 Å². The highest BCUT2D eigenvalue weighted by Gasteiger charge is 2.21. The lowest BCUT2D eigenvalue weighted by Crippen LogP contribution is -2.19. The van der Waals surface area contributed by atoms with Gasteiger partial charge in [0.05, 0.1) is 0 Å². The van der Waals surface area contributed by atoms with Crippen molar-refractivity contribution in [2.75, 3.05) is 0 Å². The van der Waals surface area contributed by atoms with Crippen molar-refractivity contribution < 1.29 is 0 Å². The Morgan fingerprint density at radius 1 is 1.31 bits per heavy atom. The van der Waals surface area contributed by atoms with Crippen LogP contribution in [0.15, 0.2) is 12.1 Å². The van der Waals surface area contributed by atoms with Gasteiger partial charge in [0.2, 0.25) is 0 Å². The predicted molar refractivity (Wildman–Crippen MR) is 68.7 cm³/mol. The van der Waals surface area contributed by atoms with E-state index >= 15 is 0 Å². The van der Waals surface area contributed by atoms with Crippen LogP contribution in [-0.4, -0.2) is 4.98 Å². The first kappa shape index (κ1) is 11.6. The molecular weight excluding hydrogens is 194 g/mol. The van der Waals surface area contributed by atoms with E-state index in [1.165, 1.54) is 42.6 Å². The molecule has 0 fully saturated rings. The number of hydrogen-bond donors (Lipinski definition) is 0. The molecule has 0 saturated heterocycles. The molecule has 1 aromatic rings. The zero-order valence-corrected chi connectivity index (χ0v) is 11.0. The summed E-state index contributed by atoms with van der Waals surface area (Å²) in [6.45, 7) is 9.00. The summed E-state index contributed by atoms with van der Waals surface area (Å²) in [5, 5.41) is 0. The van der Waals surface area contributed by atoms with Gasteiger partial charge in [0.15, 0.2) is 0 Å². The van der Waals surface area contributed by atoms with Crippen LogP contribution in [0.1, 0.15) is 57.5 Å². The van der Waals surface area contributed by atoms with Crippen LogP contribution in [0, 0.1) is 5.92 Å². The zero-order valence-electron chi connectivity index (χ0n) is 11.0. The second-order valence-corrected chi connectivity index (χ2v) is 6.07. The van der Waals surface area contributed by atoms with Crippen molar-refractivity contribution in [2.45, 2.75) is 58.8 Å². The first-order valence-corrected chi connectivity index (χ1v) is 6.50. The Morgan fingerprint density at radius 3 is 2.69 bits per heavy atom. The summed E-state index contributed by atoms with van der Waals surface area (Å²) in [4.78, 5) is 4.85. The molecule has 2 rings (SSSR count). The Hall–Kier alpha value is -0.850. The molecule has 16 heavy (non-hydrogen) atoms. The summed E-state index contributed by atoms with van der Waals surface area (Å²) in [6.07, 6.45) is 5.05. The Bertz CT molecular complexity index is 374. The van der Waals surface area contributed by atoms with Crippen molar-refractivity contribution in [3.63, 3.8) is 0 Å². The molecule has 88 valence electrons. The summed E-state index contributed by atoms with van der Waals surface area (Å²) < 4.78 is 0. The number of hydrogen-bond acceptors (Lipinski definition) is 1. The molecule has 1 aliphatic carbocycles. The Morgan fingerprint density at radius 2 is 2.06 bits per heavy atom. The Kier molecular flexibility index (Phi) is 3.05. The van der Waals surface area contributed by atoms with Gasteiger partial charge in [0.25, 0.3) is 0 Å². The van der Waals surface area contributed by atoms with E-state index in [-0.39, 0.29) is 5.41 Å². The van der Waals surface area contributed by atoms with Gasteiger partial charge in [-0.25, -0.2) is 0 Å². The normalized spacial score (nSPS) is 20.6. The largest absolute Gasteiger partial charge is 0.257 e. The molecule has 1 nitrogen and oxygen atoms in total. The number of aromatic nitrogens is 1. The summed E-state index contributed by atoms with van der Waals surface area (Å²) in [7, 11) is 0. The molecule has 1 aliphatic rings. The van der Waals surface area contributed by atoms with E-state index in [4.69, 9.17) is 4.98 Å². The summed E-state index contributed by atoms with van der Waals surface area (Å²) in [5.74, 6) is 0.884. The zero-order chi connectivity index (χ0) is 11.8. The smallest absolute Gasteiger partial charge is 0.0460 e. The minimum Gasteiger partial charge on any atom is -0.257 e. The third kappa shape index (κ3) is 2.28. The standard InChI is InChI=1S/C15H23N/c1-5-11-6-8-13-12(10-11)7-9-14(16-13)15(2,3)4/h7,9,11H,5-6,8,10H2,1-4H3. The molecule has 0 spiro atoms. The van der Waals surface area contributed by atoms with Crippen molar-refractivity contribution in [1.82, 2.24) is 4.98 Å². The van der Waals surface area contributed by atoms with Crippen molar-refractivity contribution in [3.05, 3.63) is 29.1 Å². The van der Waals surface area contributed by atoms with Gasteiger partial charge in [0, 0.05) is 16.8 Å². The monoisotopic (exact) mass is 217 g/mol. The highest BCUT2D eigenvalue weighted by Crippen LogP contribution is 2.29. The van der Waals surface area contributed by atoms with Gasteiger partial charge in [0.1, 0.15) is 0 Å². The molecule has 1 aromatic heterocycles. The van der Waals surface area contributed by atoms with Crippen LogP contribution in [0.4, 0.5) is 0 Å². The third-order valence-corrected chi connectivity index (χ3v) is 3.71. The van der Waals surface area contributed by atoms with Gasteiger partial charge in [-0.1, -0.05) is 40.2 Å². The van der Waals surface area contributed by atoms with Crippen LogP contribution in [0.2, 0.25) is 0 Å². The molecule has 0 saturated carbocycles. The van der Waals surface area contributed by atoms with Crippen LogP contribution >= 0.6 is 0 Å². The van der Waals surface area contributed by atoms with Gasteiger partial charge >= 0.3 is 0 Å². The highest BCUT2D eigenvalue weighted by atomic mass is 14.7. The number of fused-ring (bicyclic) bond motifs is 1. The van der Waals surface area contributed by atoms with E-state index in [2.05, 4.69) is 39.8 Å². The molecular formula is C15H23N. The van der Waals surface area contributed by atoms with Crippen LogP contribution < -0.4 is 0 Å². The average Bonchev–Trinajstić information content (AvgIpc) is 2.26. The molecule has 0 amide bonds. The van der Waals surface area contributed by atoms with Crippen LogP contribution in [-0.2, 0) is 18.3 Å². The van der Waals surface area contributed by atoms with Crippen molar-refractivity contribution >= 4 is 0 Å². The highest BCUT2D eigenvalue weighted by molar-refractivity contribution is 5.28. The lowest BCUT2D eigenvalue weighted by molar-refractivity contribution is 0.436. The summed E-state index contributed by atoms with van der Waals surface area (Å²) in [5.41, 5.74) is 4.26. The van der Waals surface area contributed by atoms with Gasteiger partial charge in [-0.2, -0.15) is 0 Å². The maximum Gasteiger partial charge on any atom is 0.0460 e. The lowest BCUT2D eigenvalue weighted by atomic mass is 9.83. The van der Waals surface area contributed by atoms with E-state index in [0.29, 0.717) is 0 Å². The quantitative estimate of drug-likeness (QED) is 0.695. The van der Waals surface area contributed by atoms with Crippen molar-refractivity contribution in [1.29, 1.82) is 0 Å². The predicted octanol–water partition coefficient (Wildman–Crippen LogP) is 3.89. The van der Waals surface area contributed by atoms with Crippen LogP contribution in [0.25, 0.3) is 0 Å². The Labute approximate surface area is 99.3 Å². The number of aryl methyl sites for hydroxylation is 1. The molecule has 1 heteroatoms. The topological polar surface area (TPSA) is 12.9 Å². The summed E-state index contributed by atoms with van der Waals surface area (Å²) >= 11 is 0. The Balaban J connectivity index is 2.28. The van der Waals surface area contributed by atoms with Gasteiger partial charge in [-0.3, -0.25) is 4.98 Å². The average molecular weight is 217 g/mol. The fourth-order valence-corrected chi connectivity index (χ4v) is 2.45. The fraction of sp³-hybridized carbons (Fsp3) is 0.667. The van der Waals surface area contributed by atoms with E-state index in [9.17, 15) is 0 Å². The lowest BCUT2D eigenvalue weighted by Gasteiger charge is -2.25. The molecule has 0 N–H and O–H groups in total. The molecule has 0 radical (unpaired) electrons. The van der Waals surface area contributed by atoms with E-state index in [1.54, 1.807) is 0 Å². The van der Waals surface area contributed by atoms with Gasteiger partial charge < -0.3 is 0 Å². The van der Waals surface area contributed by atoms with Crippen molar-refractivity contribution in [3.8, 4) is 0 Å². The fourth-order valence-electron chi connectivity index (χ4n) is 2.45. The molecule has 1 unspecified atom stereocenters. The van der Waals surface area contributed by atoms with Gasteiger partial charge in [-0.05, 0) is 36.8 Å². The second kappa shape index (κ2) is 4.20. The molecule has 0 aliphatic heterocycles. The van der Waals surface area contributed by atoms with E-state index < -0.39 is 0 Å². The number of pyridine rings is 1. The molecule has 1 atom stereocenters. The SMILES string of the molecule is CCC1CCc2nc(C(C)(C)C)ccc2C1. The first-order valence-electron chi connectivity index (χ1n) is 6.50.